The largest absolute Gasteiger partial charge is 0.464 e. The third-order valence-corrected chi connectivity index (χ3v) is 3.61. The summed E-state index contributed by atoms with van der Waals surface area (Å²) in [4.78, 5) is 33.3. The minimum absolute atomic E-state index is 0.0518. The minimum atomic E-state index is -0.524. The first-order valence-corrected chi connectivity index (χ1v) is 7.19. The Hall–Kier alpha value is -2.96. The van der Waals surface area contributed by atoms with Crippen molar-refractivity contribution in [2.75, 3.05) is 23.9 Å². The number of methoxy groups -OCH3 is 1. The lowest BCUT2D eigenvalue weighted by atomic mass is 10.2. The van der Waals surface area contributed by atoms with Gasteiger partial charge in [-0.05, 0) is 12.1 Å². The van der Waals surface area contributed by atoms with E-state index < -0.39 is 5.97 Å². The number of nitrogens with one attached hydrogen (secondary N) is 1. The van der Waals surface area contributed by atoms with E-state index in [9.17, 15) is 9.59 Å². The van der Waals surface area contributed by atoms with Gasteiger partial charge in [-0.25, -0.2) is 14.8 Å². The van der Waals surface area contributed by atoms with Crippen molar-refractivity contribution in [2.24, 2.45) is 0 Å². The number of carbonyl (C=O) groups excluding carboxylic acids is 2. The highest BCUT2D eigenvalue weighted by Crippen LogP contribution is 2.22. The zero-order chi connectivity index (χ0) is 16.2. The molecule has 7 heteroatoms. The molecule has 2 heterocycles. The fraction of sp³-hybridized carbons (Fsp3) is 0.250. The Balaban J connectivity index is 1.70. The number of aromatic nitrogens is 2. The molecule has 7 nitrogen and oxygen atoms in total. The first kappa shape index (κ1) is 15.0. The van der Waals surface area contributed by atoms with Crippen molar-refractivity contribution in [3.05, 3.63) is 48.4 Å². The van der Waals surface area contributed by atoms with Gasteiger partial charge in [0.15, 0.2) is 5.69 Å². The van der Waals surface area contributed by atoms with E-state index in [-0.39, 0.29) is 17.6 Å². The van der Waals surface area contributed by atoms with Crippen molar-refractivity contribution in [3.63, 3.8) is 0 Å². The summed E-state index contributed by atoms with van der Waals surface area (Å²) in [6.45, 7) is 0.542. The lowest BCUT2D eigenvalue weighted by molar-refractivity contribution is -0.117. The van der Waals surface area contributed by atoms with Crippen molar-refractivity contribution >= 4 is 23.4 Å². The van der Waals surface area contributed by atoms with Gasteiger partial charge in [0.05, 0.1) is 13.2 Å². The van der Waals surface area contributed by atoms with Gasteiger partial charge in [-0.2, -0.15) is 0 Å². The number of hydrogen-bond donors (Lipinski definition) is 1. The van der Waals surface area contributed by atoms with E-state index in [1.165, 1.54) is 19.5 Å². The number of anilines is 2. The van der Waals surface area contributed by atoms with Crippen LogP contribution in [0.5, 0.6) is 0 Å². The minimum Gasteiger partial charge on any atom is -0.464 e. The molecular formula is C16H16N4O3. The normalized spacial score (nSPS) is 17.2. The molecule has 1 saturated heterocycles. The third-order valence-electron chi connectivity index (χ3n) is 3.61. The summed E-state index contributed by atoms with van der Waals surface area (Å²) < 4.78 is 4.63. The van der Waals surface area contributed by atoms with Gasteiger partial charge in [0, 0.05) is 24.7 Å². The molecule has 118 valence electrons. The van der Waals surface area contributed by atoms with E-state index in [0.717, 1.165) is 5.69 Å². The van der Waals surface area contributed by atoms with E-state index in [2.05, 4.69) is 20.0 Å². The van der Waals surface area contributed by atoms with Gasteiger partial charge in [0.25, 0.3) is 0 Å². The van der Waals surface area contributed by atoms with Crippen molar-refractivity contribution < 1.29 is 14.3 Å². The highest BCUT2D eigenvalue weighted by molar-refractivity contribution is 5.96. The number of benzene rings is 1. The Bertz CT molecular complexity index is 720. The SMILES string of the molecule is COC(=O)c1cc(NC2CC(=O)N(c3ccccc3)C2)ncn1. The molecule has 3 rings (SSSR count). The molecule has 1 fully saturated rings. The zero-order valence-corrected chi connectivity index (χ0v) is 12.6. The quantitative estimate of drug-likeness (QED) is 0.861. The van der Waals surface area contributed by atoms with Gasteiger partial charge < -0.3 is 15.0 Å². The monoisotopic (exact) mass is 312 g/mol. The van der Waals surface area contributed by atoms with Gasteiger partial charge in [-0.15, -0.1) is 0 Å². The first-order chi connectivity index (χ1) is 11.2. The Kier molecular flexibility index (Phi) is 4.18. The Morgan fingerprint density at radius 3 is 2.83 bits per heavy atom. The molecule has 0 bridgehead atoms. The number of amides is 1. The molecule has 23 heavy (non-hydrogen) atoms. The second-order valence-corrected chi connectivity index (χ2v) is 5.17. The average molecular weight is 312 g/mol. The number of carbonyl (C=O) groups is 2. The summed E-state index contributed by atoms with van der Waals surface area (Å²) in [7, 11) is 1.30. The number of esters is 1. The zero-order valence-electron chi connectivity index (χ0n) is 12.6. The molecule has 1 atom stereocenters. The first-order valence-electron chi connectivity index (χ1n) is 7.19. The molecule has 1 unspecified atom stereocenters. The van der Waals surface area contributed by atoms with Crippen LogP contribution in [0.25, 0.3) is 0 Å². The fourth-order valence-electron chi connectivity index (χ4n) is 2.52. The molecule has 1 aromatic carbocycles. The van der Waals surface area contributed by atoms with Crippen molar-refractivity contribution in [3.8, 4) is 0 Å². The van der Waals surface area contributed by atoms with Crippen LogP contribution in [-0.2, 0) is 9.53 Å². The van der Waals surface area contributed by atoms with Gasteiger partial charge in [-0.3, -0.25) is 4.79 Å². The van der Waals surface area contributed by atoms with E-state index in [0.29, 0.717) is 18.8 Å². The van der Waals surface area contributed by atoms with Gasteiger partial charge in [-0.1, -0.05) is 18.2 Å². The van der Waals surface area contributed by atoms with E-state index in [1.807, 2.05) is 30.3 Å². The molecular weight excluding hydrogens is 296 g/mol. The molecule has 1 amide bonds. The Labute approximate surface area is 133 Å². The topological polar surface area (TPSA) is 84.4 Å². The van der Waals surface area contributed by atoms with E-state index in [1.54, 1.807) is 4.90 Å². The number of rotatable bonds is 4. The summed E-state index contributed by atoms with van der Waals surface area (Å²) >= 11 is 0. The van der Waals surface area contributed by atoms with Crippen LogP contribution in [0.3, 0.4) is 0 Å². The maximum absolute atomic E-state index is 12.2. The van der Waals surface area contributed by atoms with Gasteiger partial charge in [0.1, 0.15) is 12.1 Å². The van der Waals surface area contributed by atoms with E-state index >= 15 is 0 Å². The fourth-order valence-corrected chi connectivity index (χ4v) is 2.52. The molecule has 1 aliphatic rings. The lowest BCUT2D eigenvalue weighted by Crippen LogP contribution is -2.27. The second kappa shape index (κ2) is 6.43. The van der Waals surface area contributed by atoms with Gasteiger partial charge >= 0.3 is 5.97 Å². The summed E-state index contributed by atoms with van der Waals surface area (Å²) in [6.07, 6.45) is 1.66. The highest BCUT2D eigenvalue weighted by atomic mass is 16.5. The van der Waals surface area contributed by atoms with Crippen LogP contribution >= 0.6 is 0 Å². The van der Waals surface area contributed by atoms with Crippen LogP contribution in [0, 0.1) is 0 Å². The maximum atomic E-state index is 12.2. The number of hydrogen-bond acceptors (Lipinski definition) is 6. The van der Waals surface area contributed by atoms with Crippen molar-refractivity contribution in [1.82, 2.24) is 9.97 Å². The van der Waals surface area contributed by atoms with Gasteiger partial charge in [0.2, 0.25) is 5.91 Å². The molecule has 0 aliphatic carbocycles. The molecule has 1 aromatic heterocycles. The lowest BCUT2D eigenvalue weighted by Gasteiger charge is -2.17. The highest BCUT2D eigenvalue weighted by Gasteiger charge is 2.30. The third kappa shape index (κ3) is 3.28. The summed E-state index contributed by atoms with van der Waals surface area (Å²) in [5.74, 6) is 0.0212. The Morgan fingerprint density at radius 2 is 2.09 bits per heavy atom. The van der Waals surface area contributed by atoms with Crippen LogP contribution < -0.4 is 10.2 Å². The second-order valence-electron chi connectivity index (χ2n) is 5.17. The molecule has 1 aliphatic heterocycles. The number of nitrogens with zero attached hydrogens (tertiary/aromatic N) is 3. The summed E-state index contributed by atoms with van der Waals surface area (Å²) in [6, 6.07) is 11.0. The number of ether oxygens (including phenoxy) is 1. The molecule has 0 saturated carbocycles. The van der Waals surface area contributed by atoms with Crippen LogP contribution in [-0.4, -0.2) is 41.5 Å². The molecule has 0 spiro atoms. The smallest absolute Gasteiger partial charge is 0.356 e. The average Bonchev–Trinajstić information content (AvgIpc) is 2.95. The van der Waals surface area contributed by atoms with E-state index in [4.69, 9.17) is 0 Å². The molecule has 1 N–H and O–H groups in total. The van der Waals surface area contributed by atoms with Crippen LogP contribution in [0.2, 0.25) is 0 Å². The Morgan fingerprint density at radius 1 is 1.30 bits per heavy atom. The number of para-hydroxylation sites is 1. The standard InChI is InChI=1S/C16H16N4O3/c1-23-16(22)13-8-14(18-10-17-13)19-11-7-15(21)20(9-11)12-5-3-2-4-6-12/h2-6,8,10-11H,7,9H2,1H3,(H,17,18,19). The van der Waals surface area contributed by atoms with Crippen molar-refractivity contribution in [1.29, 1.82) is 0 Å². The summed E-state index contributed by atoms with van der Waals surface area (Å²) in [5, 5.41) is 3.17. The predicted molar refractivity (Wildman–Crippen MR) is 84.2 cm³/mol. The van der Waals surface area contributed by atoms with Crippen LogP contribution in [0.15, 0.2) is 42.7 Å². The summed E-state index contributed by atoms with van der Waals surface area (Å²) in [5.41, 5.74) is 1.05. The molecule has 2 aromatic rings. The molecule has 0 radical (unpaired) electrons. The van der Waals surface area contributed by atoms with Crippen LogP contribution in [0.1, 0.15) is 16.9 Å². The van der Waals surface area contributed by atoms with Crippen LogP contribution in [0.4, 0.5) is 11.5 Å². The predicted octanol–water partition coefficient (Wildman–Crippen LogP) is 1.48. The van der Waals surface area contributed by atoms with Crippen molar-refractivity contribution in [2.45, 2.75) is 12.5 Å². The maximum Gasteiger partial charge on any atom is 0.356 e.